The van der Waals surface area contributed by atoms with E-state index in [2.05, 4.69) is 46.7 Å². The van der Waals surface area contributed by atoms with Gasteiger partial charge in [-0.2, -0.15) is 0 Å². The van der Waals surface area contributed by atoms with Crippen molar-refractivity contribution >= 4 is 27.7 Å². The van der Waals surface area contributed by atoms with Gasteiger partial charge in [0.05, 0.1) is 0 Å². The Hall–Kier alpha value is -2.33. The average molecular weight is 361 g/mol. The molecule has 4 heteroatoms. The highest BCUT2D eigenvalue weighted by Crippen LogP contribution is 2.35. The number of amides is 1. The molecule has 2 aliphatic rings. The maximum atomic E-state index is 12.1. The van der Waals surface area contributed by atoms with Crippen molar-refractivity contribution in [3.05, 3.63) is 47.5 Å². The van der Waals surface area contributed by atoms with Crippen LogP contribution in [0.1, 0.15) is 48.6 Å². The van der Waals surface area contributed by atoms with Crippen molar-refractivity contribution in [2.75, 3.05) is 26.7 Å². The van der Waals surface area contributed by atoms with Gasteiger partial charge in [-0.25, -0.2) is 0 Å². The van der Waals surface area contributed by atoms with E-state index in [0.29, 0.717) is 18.3 Å². The van der Waals surface area contributed by atoms with E-state index in [1.54, 1.807) is 0 Å². The fourth-order valence-corrected chi connectivity index (χ4v) is 4.83. The zero-order valence-corrected chi connectivity index (χ0v) is 15.9. The maximum absolute atomic E-state index is 12.1. The molecule has 0 aliphatic carbocycles. The molecule has 1 amide bonds. The first-order valence-electron chi connectivity index (χ1n) is 10.2. The van der Waals surface area contributed by atoms with Crippen molar-refractivity contribution in [3.8, 4) is 0 Å². The second-order valence-electron chi connectivity index (χ2n) is 8.26. The van der Waals surface area contributed by atoms with Gasteiger partial charge in [0.25, 0.3) is 0 Å². The molecule has 0 bridgehead atoms. The largest absolute Gasteiger partial charge is 0.355 e. The summed E-state index contributed by atoms with van der Waals surface area (Å²) >= 11 is 0. The maximum Gasteiger partial charge on any atom is 0.222 e. The number of aromatic nitrogens is 1. The first kappa shape index (κ1) is 16.8. The van der Waals surface area contributed by atoms with E-state index in [9.17, 15) is 4.79 Å². The van der Waals surface area contributed by atoms with Crippen LogP contribution < -0.4 is 5.32 Å². The second-order valence-corrected chi connectivity index (χ2v) is 8.26. The summed E-state index contributed by atoms with van der Waals surface area (Å²) in [6.07, 6.45) is 4.13. The lowest BCUT2D eigenvalue weighted by atomic mass is 9.88. The number of carbonyl (C=O) groups is 1. The molecule has 2 saturated heterocycles. The molecule has 3 heterocycles. The van der Waals surface area contributed by atoms with Crippen LogP contribution in [0.2, 0.25) is 0 Å². The van der Waals surface area contributed by atoms with Gasteiger partial charge in [0.1, 0.15) is 0 Å². The minimum Gasteiger partial charge on any atom is -0.355 e. The molecule has 27 heavy (non-hydrogen) atoms. The topological polar surface area (TPSA) is 48.1 Å². The van der Waals surface area contributed by atoms with Crippen LogP contribution in [0.25, 0.3) is 21.8 Å². The molecule has 1 aromatic heterocycles. The second kappa shape index (κ2) is 6.68. The SMILES string of the molecule is CN1CCC(c2ccc3c(c2)[nH]c2ccc(C4CCNCC4)cc23)CC1=O. The summed E-state index contributed by atoms with van der Waals surface area (Å²) in [7, 11) is 1.90. The number of carbonyl (C=O) groups excluding carboxylic acids is 1. The molecule has 0 saturated carbocycles. The summed E-state index contributed by atoms with van der Waals surface area (Å²) in [5, 5.41) is 6.08. The van der Waals surface area contributed by atoms with Crippen LogP contribution in [0.4, 0.5) is 0 Å². The predicted molar refractivity (Wildman–Crippen MR) is 110 cm³/mol. The van der Waals surface area contributed by atoms with Gasteiger partial charge in [-0.1, -0.05) is 18.2 Å². The van der Waals surface area contributed by atoms with Crippen LogP contribution in [0.5, 0.6) is 0 Å². The Bertz CT molecular complexity index is 999. The van der Waals surface area contributed by atoms with Crippen molar-refractivity contribution in [1.29, 1.82) is 0 Å². The van der Waals surface area contributed by atoms with Gasteiger partial charge in [0.2, 0.25) is 5.91 Å². The molecule has 1 atom stereocenters. The molecule has 2 fully saturated rings. The molecule has 2 aliphatic heterocycles. The minimum atomic E-state index is 0.259. The molecule has 0 radical (unpaired) electrons. The van der Waals surface area contributed by atoms with E-state index in [1.807, 2.05) is 11.9 Å². The van der Waals surface area contributed by atoms with Crippen LogP contribution in [0, 0.1) is 0 Å². The third kappa shape index (κ3) is 3.02. The summed E-state index contributed by atoms with van der Waals surface area (Å²) in [5.41, 5.74) is 5.15. The Morgan fingerprint density at radius 2 is 1.67 bits per heavy atom. The van der Waals surface area contributed by atoms with Crippen LogP contribution in [-0.4, -0.2) is 42.5 Å². The van der Waals surface area contributed by atoms with E-state index in [4.69, 9.17) is 0 Å². The zero-order chi connectivity index (χ0) is 18.4. The fraction of sp³-hybridized carbons (Fsp3) is 0.435. The number of aromatic amines is 1. The van der Waals surface area contributed by atoms with Gasteiger partial charge in [0.15, 0.2) is 0 Å². The first-order valence-corrected chi connectivity index (χ1v) is 10.2. The Morgan fingerprint density at radius 1 is 0.889 bits per heavy atom. The molecule has 5 rings (SSSR count). The third-order valence-corrected chi connectivity index (χ3v) is 6.59. The van der Waals surface area contributed by atoms with Crippen LogP contribution in [0.3, 0.4) is 0 Å². The number of hydrogen-bond acceptors (Lipinski definition) is 2. The van der Waals surface area contributed by atoms with E-state index in [1.165, 1.54) is 45.8 Å². The van der Waals surface area contributed by atoms with Crippen molar-refractivity contribution in [1.82, 2.24) is 15.2 Å². The van der Waals surface area contributed by atoms with Gasteiger partial charge >= 0.3 is 0 Å². The van der Waals surface area contributed by atoms with E-state index in [-0.39, 0.29) is 5.91 Å². The number of nitrogens with one attached hydrogen (secondary N) is 2. The number of likely N-dealkylation sites (tertiary alicyclic amines) is 1. The molecule has 2 N–H and O–H groups in total. The normalized spacial score (nSPS) is 22.0. The number of nitrogens with zero attached hydrogens (tertiary/aromatic N) is 1. The van der Waals surface area contributed by atoms with Crippen LogP contribution in [-0.2, 0) is 4.79 Å². The molecular weight excluding hydrogens is 334 g/mol. The lowest BCUT2D eigenvalue weighted by Gasteiger charge is -2.29. The van der Waals surface area contributed by atoms with E-state index >= 15 is 0 Å². The van der Waals surface area contributed by atoms with Crippen molar-refractivity contribution < 1.29 is 4.79 Å². The summed E-state index contributed by atoms with van der Waals surface area (Å²) in [5.74, 6) is 1.27. The van der Waals surface area contributed by atoms with Gasteiger partial charge in [-0.15, -0.1) is 0 Å². The number of fused-ring (bicyclic) bond motifs is 3. The lowest BCUT2D eigenvalue weighted by molar-refractivity contribution is -0.132. The Morgan fingerprint density at radius 3 is 2.48 bits per heavy atom. The highest BCUT2D eigenvalue weighted by atomic mass is 16.2. The predicted octanol–water partition coefficient (Wildman–Crippen LogP) is 4.12. The monoisotopic (exact) mass is 361 g/mol. The molecule has 0 spiro atoms. The summed E-state index contributed by atoms with van der Waals surface area (Å²) in [6.45, 7) is 3.10. The molecule has 4 nitrogen and oxygen atoms in total. The average Bonchev–Trinajstić information content (AvgIpc) is 3.07. The zero-order valence-electron chi connectivity index (χ0n) is 15.9. The van der Waals surface area contributed by atoms with Crippen molar-refractivity contribution in [2.45, 2.75) is 37.5 Å². The minimum absolute atomic E-state index is 0.259. The highest BCUT2D eigenvalue weighted by molar-refractivity contribution is 6.07. The van der Waals surface area contributed by atoms with Gasteiger partial charge in [-0.3, -0.25) is 4.79 Å². The summed E-state index contributed by atoms with van der Waals surface area (Å²) in [6, 6.07) is 13.7. The number of hydrogen-bond donors (Lipinski definition) is 2. The van der Waals surface area contributed by atoms with Crippen LogP contribution in [0.15, 0.2) is 36.4 Å². The number of rotatable bonds is 2. The van der Waals surface area contributed by atoms with Gasteiger partial charge < -0.3 is 15.2 Å². The standard InChI is InChI=1S/C23H27N3O/c1-26-11-8-18(14-23(26)27)17-2-4-19-20-12-16(15-6-9-24-10-7-15)3-5-21(20)25-22(19)13-17/h2-5,12-13,15,18,24-25H,6-11,14H2,1H3. The summed E-state index contributed by atoms with van der Waals surface area (Å²) < 4.78 is 0. The number of H-pyrrole nitrogens is 1. The quantitative estimate of drug-likeness (QED) is 0.721. The molecule has 140 valence electrons. The van der Waals surface area contributed by atoms with Crippen LogP contribution >= 0.6 is 0 Å². The van der Waals surface area contributed by atoms with Crippen molar-refractivity contribution in [2.24, 2.45) is 0 Å². The third-order valence-electron chi connectivity index (χ3n) is 6.59. The number of benzene rings is 2. The van der Waals surface area contributed by atoms with Gasteiger partial charge in [-0.05, 0) is 73.5 Å². The first-order chi connectivity index (χ1) is 13.2. The molecule has 2 aromatic carbocycles. The Balaban J connectivity index is 1.50. The Labute approximate surface area is 159 Å². The Kier molecular flexibility index (Phi) is 4.16. The van der Waals surface area contributed by atoms with Gasteiger partial charge in [0, 0.05) is 41.8 Å². The molecule has 3 aromatic rings. The van der Waals surface area contributed by atoms with Crippen molar-refractivity contribution in [3.63, 3.8) is 0 Å². The smallest absolute Gasteiger partial charge is 0.222 e. The molecule has 1 unspecified atom stereocenters. The highest BCUT2D eigenvalue weighted by Gasteiger charge is 2.25. The van der Waals surface area contributed by atoms with E-state index in [0.717, 1.165) is 26.1 Å². The molecular formula is C23H27N3O. The summed E-state index contributed by atoms with van der Waals surface area (Å²) in [4.78, 5) is 17.5. The van der Waals surface area contributed by atoms with E-state index < -0.39 is 0 Å². The lowest BCUT2D eigenvalue weighted by Crippen LogP contribution is -2.34. The fourth-order valence-electron chi connectivity index (χ4n) is 4.83. The number of piperidine rings is 2.